The Morgan fingerprint density at radius 1 is 1.29 bits per heavy atom. The van der Waals surface area contributed by atoms with Crippen molar-refractivity contribution in [3.05, 3.63) is 29.3 Å². The first-order chi connectivity index (χ1) is 8.29. The van der Waals surface area contributed by atoms with Gasteiger partial charge in [-0.3, -0.25) is 4.79 Å². The summed E-state index contributed by atoms with van der Waals surface area (Å²) >= 11 is 0. The summed E-state index contributed by atoms with van der Waals surface area (Å²) in [5.41, 5.74) is 3.83. The molecular formula is C15H19NO. The molecule has 2 aliphatic rings. The molecule has 0 radical (unpaired) electrons. The third kappa shape index (κ3) is 1.76. The van der Waals surface area contributed by atoms with Crippen LogP contribution in [0, 0.1) is 0 Å². The van der Waals surface area contributed by atoms with E-state index in [-0.39, 0.29) is 5.91 Å². The van der Waals surface area contributed by atoms with Gasteiger partial charge in [-0.05, 0) is 42.9 Å². The number of hydrogen-bond donors (Lipinski definition) is 0. The summed E-state index contributed by atoms with van der Waals surface area (Å²) in [5.74, 6) is 0.997. The molecule has 0 unspecified atom stereocenters. The van der Waals surface area contributed by atoms with Crippen LogP contribution in [0.3, 0.4) is 0 Å². The Bertz CT molecular complexity index is 446. The fourth-order valence-corrected chi connectivity index (χ4v) is 3.26. The molecule has 0 bridgehead atoms. The van der Waals surface area contributed by atoms with Crippen LogP contribution in [0.25, 0.3) is 0 Å². The molecule has 1 heterocycles. The highest BCUT2D eigenvalue weighted by atomic mass is 16.2. The second-order valence-electron chi connectivity index (χ2n) is 5.18. The second-order valence-corrected chi connectivity index (χ2v) is 5.18. The number of likely N-dealkylation sites (N-methyl/N-ethyl adjacent to an activating group) is 1. The van der Waals surface area contributed by atoms with Crippen molar-refractivity contribution in [1.29, 1.82) is 0 Å². The molecule has 0 N–H and O–H groups in total. The van der Waals surface area contributed by atoms with E-state index in [1.54, 1.807) is 0 Å². The third-order valence-electron chi connectivity index (χ3n) is 4.18. The van der Waals surface area contributed by atoms with Crippen molar-refractivity contribution >= 4 is 11.6 Å². The molecule has 1 fully saturated rings. The van der Waals surface area contributed by atoms with E-state index in [2.05, 4.69) is 18.2 Å². The molecule has 1 aliphatic heterocycles. The van der Waals surface area contributed by atoms with Crippen molar-refractivity contribution in [2.45, 2.75) is 44.9 Å². The minimum absolute atomic E-state index is 0.256. The maximum absolute atomic E-state index is 11.8. The molecule has 17 heavy (non-hydrogen) atoms. The smallest absolute Gasteiger partial charge is 0.231 e. The zero-order valence-corrected chi connectivity index (χ0v) is 10.4. The first-order valence-electron chi connectivity index (χ1n) is 6.72. The Morgan fingerprint density at radius 3 is 2.76 bits per heavy atom. The van der Waals surface area contributed by atoms with E-state index in [4.69, 9.17) is 0 Å². The van der Waals surface area contributed by atoms with Gasteiger partial charge >= 0.3 is 0 Å². The van der Waals surface area contributed by atoms with Crippen molar-refractivity contribution in [1.82, 2.24) is 0 Å². The number of fused-ring (bicyclic) bond motifs is 1. The Balaban J connectivity index is 1.93. The second kappa shape index (κ2) is 4.17. The summed E-state index contributed by atoms with van der Waals surface area (Å²) in [5, 5.41) is 0. The molecule has 1 aliphatic carbocycles. The summed E-state index contributed by atoms with van der Waals surface area (Å²) in [6, 6.07) is 6.66. The molecule has 1 saturated carbocycles. The zero-order chi connectivity index (χ0) is 11.8. The maximum atomic E-state index is 11.8. The summed E-state index contributed by atoms with van der Waals surface area (Å²) in [6.07, 6.45) is 5.97. The number of anilines is 1. The predicted molar refractivity (Wildman–Crippen MR) is 69.4 cm³/mol. The van der Waals surface area contributed by atoms with E-state index in [9.17, 15) is 4.79 Å². The lowest BCUT2D eigenvalue weighted by molar-refractivity contribution is -0.117. The molecule has 2 nitrogen and oxygen atoms in total. The lowest BCUT2D eigenvalue weighted by Gasteiger charge is -2.16. The van der Waals surface area contributed by atoms with Gasteiger partial charge in [0.1, 0.15) is 0 Å². The summed E-state index contributed by atoms with van der Waals surface area (Å²) in [4.78, 5) is 13.7. The molecule has 1 amide bonds. The van der Waals surface area contributed by atoms with Crippen molar-refractivity contribution in [2.24, 2.45) is 0 Å². The first-order valence-corrected chi connectivity index (χ1v) is 6.72. The number of amides is 1. The Hall–Kier alpha value is -1.31. The van der Waals surface area contributed by atoms with Crippen LogP contribution in [0.5, 0.6) is 0 Å². The molecule has 1 aromatic rings. The minimum atomic E-state index is 0.256. The van der Waals surface area contributed by atoms with Gasteiger partial charge in [0.2, 0.25) is 5.91 Å². The molecule has 0 aromatic heterocycles. The Morgan fingerprint density at radius 2 is 2.06 bits per heavy atom. The van der Waals surface area contributed by atoms with E-state index in [0.717, 1.165) is 18.2 Å². The predicted octanol–water partition coefficient (Wildman–Crippen LogP) is 3.25. The highest BCUT2D eigenvalue weighted by Gasteiger charge is 2.27. The van der Waals surface area contributed by atoms with Gasteiger partial charge < -0.3 is 4.90 Å². The topological polar surface area (TPSA) is 20.3 Å². The van der Waals surface area contributed by atoms with Gasteiger partial charge in [-0.2, -0.15) is 0 Å². The number of benzene rings is 1. The first kappa shape index (κ1) is 10.8. The average molecular weight is 229 g/mol. The van der Waals surface area contributed by atoms with Gasteiger partial charge in [0, 0.05) is 12.2 Å². The van der Waals surface area contributed by atoms with Crippen molar-refractivity contribution in [3.63, 3.8) is 0 Å². The number of nitrogens with zero attached hydrogens (tertiary/aromatic N) is 1. The zero-order valence-electron chi connectivity index (χ0n) is 10.4. The largest absolute Gasteiger partial charge is 0.312 e. The van der Waals surface area contributed by atoms with Crippen LogP contribution in [0.2, 0.25) is 0 Å². The van der Waals surface area contributed by atoms with Crippen LogP contribution < -0.4 is 4.90 Å². The highest BCUT2D eigenvalue weighted by Crippen LogP contribution is 2.37. The van der Waals surface area contributed by atoms with Gasteiger partial charge in [0.15, 0.2) is 0 Å². The average Bonchev–Trinajstić information content (AvgIpc) is 2.93. The lowest BCUT2D eigenvalue weighted by atomic mass is 9.95. The molecule has 1 aromatic carbocycles. The van der Waals surface area contributed by atoms with Crippen LogP contribution >= 0.6 is 0 Å². The molecule has 0 saturated heterocycles. The summed E-state index contributed by atoms with van der Waals surface area (Å²) in [6.45, 7) is 2.83. The normalized spacial score (nSPS) is 20.1. The van der Waals surface area contributed by atoms with E-state index in [1.165, 1.54) is 36.8 Å². The van der Waals surface area contributed by atoms with Gasteiger partial charge in [0.05, 0.1) is 6.42 Å². The third-order valence-corrected chi connectivity index (χ3v) is 4.18. The van der Waals surface area contributed by atoms with E-state index in [1.807, 2.05) is 11.8 Å². The van der Waals surface area contributed by atoms with E-state index >= 15 is 0 Å². The van der Waals surface area contributed by atoms with Gasteiger partial charge in [-0.15, -0.1) is 0 Å². The van der Waals surface area contributed by atoms with Gasteiger partial charge in [-0.1, -0.05) is 25.0 Å². The fraction of sp³-hybridized carbons (Fsp3) is 0.533. The van der Waals surface area contributed by atoms with Crippen molar-refractivity contribution < 1.29 is 4.79 Å². The number of rotatable bonds is 2. The molecule has 0 atom stereocenters. The van der Waals surface area contributed by atoms with E-state index < -0.39 is 0 Å². The molecule has 0 spiro atoms. The van der Waals surface area contributed by atoms with Crippen LogP contribution in [-0.2, 0) is 11.2 Å². The Labute approximate surface area is 103 Å². The van der Waals surface area contributed by atoms with Crippen LogP contribution in [0.1, 0.15) is 49.7 Å². The number of carbonyl (C=O) groups excluding carboxylic acids is 1. The van der Waals surface area contributed by atoms with Crippen LogP contribution in [0.15, 0.2) is 18.2 Å². The minimum Gasteiger partial charge on any atom is -0.312 e. The number of hydrogen-bond acceptors (Lipinski definition) is 1. The van der Waals surface area contributed by atoms with E-state index in [0.29, 0.717) is 6.42 Å². The SMILES string of the molecule is CCN1C(=O)Cc2cc(C3CCCC3)ccc21. The fourth-order valence-electron chi connectivity index (χ4n) is 3.26. The Kier molecular flexibility index (Phi) is 2.65. The quantitative estimate of drug-likeness (QED) is 0.762. The number of carbonyl (C=O) groups is 1. The highest BCUT2D eigenvalue weighted by molar-refractivity contribution is 6.01. The van der Waals surface area contributed by atoms with Gasteiger partial charge in [-0.25, -0.2) is 0 Å². The standard InChI is InChI=1S/C15H19NO/c1-2-16-14-8-7-12(11-5-3-4-6-11)9-13(14)10-15(16)17/h7-9,11H,2-6,10H2,1H3. The van der Waals surface area contributed by atoms with Crippen LogP contribution in [0.4, 0.5) is 5.69 Å². The van der Waals surface area contributed by atoms with Crippen molar-refractivity contribution in [3.8, 4) is 0 Å². The lowest BCUT2D eigenvalue weighted by Crippen LogP contribution is -2.25. The molecule has 90 valence electrons. The molecule has 2 heteroatoms. The van der Waals surface area contributed by atoms with Crippen molar-refractivity contribution in [2.75, 3.05) is 11.4 Å². The summed E-state index contributed by atoms with van der Waals surface area (Å²) < 4.78 is 0. The van der Waals surface area contributed by atoms with Crippen LogP contribution in [-0.4, -0.2) is 12.5 Å². The summed E-state index contributed by atoms with van der Waals surface area (Å²) in [7, 11) is 0. The van der Waals surface area contributed by atoms with Gasteiger partial charge in [0.25, 0.3) is 0 Å². The monoisotopic (exact) mass is 229 g/mol. The molecular weight excluding hydrogens is 210 g/mol. The molecule has 3 rings (SSSR count). The maximum Gasteiger partial charge on any atom is 0.231 e.